The molecule has 0 aliphatic rings. The van der Waals surface area contributed by atoms with E-state index in [2.05, 4.69) is 14.7 Å². The second kappa shape index (κ2) is 9.12. The molecule has 0 spiro atoms. The molecule has 5 nitrogen and oxygen atoms in total. The minimum absolute atomic E-state index is 0.206. The van der Waals surface area contributed by atoms with E-state index in [1.807, 2.05) is 57.3 Å². The summed E-state index contributed by atoms with van der Waals surface area (Å²) in [7, 11) is 0. The minimum Gasteiger partial charge on any atom is -0.598 e. The number of rotatable bonds is 6. The summed E-state index contributed by atoms with van der Waals surface area (Å²) in [5.74, 6) is 0. The fraction of sp³-hybridized carbons (Fsp3) is 0.333. The van der Waals surface area contributed by atoms with Gasteiger partial charge in [0.25, 0.3) is 0 Å². The van der Waals surface area contributed by atoms with Gasteiger partial charge < -0.3 is 9.66 Å². The summed E-state index contributed by atoms with van der Waals surface area (Å²) in [4.78, 5) is 8.57. The van der Waals surface area contributed by atoms with E-state index in [-0.39, 0.29) is 5.15 Å². The smallest absolute Gasteiger partial charge is 0.138 e. The van der Waals surface area contributed by atoms with Crippen molar-refractivity contribution in [1.82, 2.24) is 14.7 Å². The molecule has 2 aromatic heterocycles. The number of aliphatic hydroxyl groups is 1. The van der Waals surface area contributed by atoms with E-state index in [4.69, 9.17) is 23.2 Å². The van der Waals surface area contributed by atoms with E-state index in [9.17, 15) is 9.66 Å². The largest absolute Gasteiger partial charge is 0.598 e. The highest BCUT2D eigenvalue weighted by Gasteiger charge is 2.39. The SMILES string of the molecule is CC(C)(C)[S+]([O-])N[C@@](C)(c1cccc(Cl)c1)c1csc([C@H](O)c2cncnc2Cl)c1. The molecule has 0 bridgehead atoms. The zero-order valence-electron chi connectivity index (χ0n) is 17.0. The van der Waals surface area contributed by atoms with Crippen LogP contribution in [0.15, 0.2) is 48.2 Å². The molecule has 30 heavy (non-hydrogen) atoms. The summed E-state index contributed by atoms with van der Waals surface area (Å²) < 4.78 is 15.8. The summed E-state index contributed by atoms with van der Waals surface area (Å²) in [6.07, 6.45) is 1.87. The van der Waals surface area contributed by atoms with E-state index in [0.717, 1.165) is 11.1 Å². The van der Waals surface area contributed by atoms with Crippen LogP contribution >= 0.6 is 34.5 Å². The van der Waals surface area contributed by atoms with Crippen molar-refractivity contribution < 1.29 is 9.66 Å². The molecule has 0 saturated heterocycles. The van der Waals surface area contributed by atoms with Crippen LogP contribution < -0.4 is 4.72 Å². The van der Waals surface area contributed by atoms with Gasteiger partial charge in [0.05, 0.1) is 0 Å². The Morgan fingerprint density at radius 1 is 1.17 bits per heavy atom. The van der Waals surface area contributed by atoms with Gasteiger partial charge in [0.15, 0.2) is 0 Å². The molecule has 2 N–H and O–H groups in total. The summed E-state index contributed by atoms with van der Waals surface area (Å²) >= 11 is 12.4. The van der Waals surface area contributed by atoms with Gasteiger partial charge in [0, 0.05) is 33.0 Å². The van der Waals surface area contributed by atoms with Gasteiger partial charge in [-0.3, -0.25) is 0 Å². The number of hydrogen-bond acceptors (Lipinski definition) is 6. The van der Waals surface area contributed by atoms with E-state index < -0.39 is 27.8 Å². The van der Waals surface area contributed by atoms with E-state index in [1.54, 1.807) is 6.07 Å². The van der Waals surface area contributed by atoms with Gasteiger partial charge in [-0.2, -0.15) is 0 Å². The molecule has 2 heterocycles. The lowest BCUT2D eigenvalue weighted by Crippen LogP contribution is -2.50. The molecule has 0 aliphatic heterocycles. The topological polar surface area (TPSA) is 81.1 Å². The van der Waals surface area contributed by atoms with Crippen LogP contribution in [0.1, 0.15) is 55.4 Å². The fourth-order valence-corrected chi connectivity index (χ4v) is 5.16. The Kier molecular flexibility index (Phi) is 7.14. The number of thiophene rings is 1. The van der Waals surface area contributed by atoms with Crippen molar-refractivity contribution in [3.63, 3.8) is 0 Å². The van der Waals surface area contributed by atoms with E-state index >= 15 is 0 Å². The van der Waals surface area contributed by atoms with Crippen molar-refractivity contribution in [2.75, 3.05) is 0 Å². The first-order valence-corrected chi connectivity index (χ1v) is 12.0. The molecule has 160 valence electrons. The molecule has 1 aromatic carbocycles. The molecule has 9 heteroatoms. The maximum atomic E-state index is 13.0. The molecular formula is C21H23Cl2N3O2S2. The summed E-state index contributed by atoms with van der Waals surface area (Å²) in [5.41, 5.74) is 1.36. The van der Waals surface area contributed by atoms with Crippen LogP contribution in [-0.2, 0) is 16.9 Å². The molecule has 0 aliphatic carbocycles. The maximum Gasteiger partial charge on any atom is 0.138 e. The number of hydrogen-bond donors (Lipinski definition) is 2. The van der Waals surface area contributed by atoms with Crippen LogP contribution in [0, 0.1) is 0 Å². The Labute approximate surface area is 193 Å². The quantitative estimate of drug-likeness (QED) is 0.369. The molecule has 0 amide bonds. The molecule has 3 rings (SSSR count). The molecule has 3 atom stereocenters. The van der Waals surface area contributed by atoms with Crippen molar-refractivity contribution in [2.45, 2.75) is 44.1 Å². The molecule has 0 fully saturated rings. The van der Waals surface area contributed by atoms with Crippen molar-refractivity contribution >= 4 is 45.9 Å². The first kappa shape index (κ1) is 23.5. The Morgan fingerprint density at radius 2 is 1.90 bits per heavy atom. The lowest BCUT2D eigenvalue weighted by atomic mass is 9.87. The molecular weight excluding hydrogens is 461 g/mol. The predicted molar refractivity (Wildman–Crippen MR) is 124 cm³/mol. The Bertz CT molecular complexity index is 1030. The van der Waals surface area contributed by atoms with Crippen molar-refractivity contribution in [3.8, 4) is 0 Å². The second-order valence-electron chi connectivity index (χ2n) is 8.03. The second-order valence-corrected chi connectivity index (χ2v) is 11.7. The number of halogens is 2. The van der Waals surface area contributed by atoms with Gasteiger partial charge in [0.1, 0.15) is 27.9 Å². The summed E-state index contributed by atoms with van der Waals surface area (Å²) in [5, 5.41) is 13.6. The van der Waals surface area contributed by atoms with Crippen LogP contribution in [0.4, 0.5) is 0 Å². The molecule has 0 saturated carbocycles. The van der Waals surface area contributed by atoms with Crippen molar-refractivity contribution in [2.24, 2.45) is 0 Å². The highest BCUT2D eigenvalue weighted by molar-refractivity contribution is 7.90. The van der Waals surface area contributed by atoms with Crippen LogP contribution in [0.3, 0.4) is 0 Å². The van der Waals surface area contributed by atoms with Crippen molar-refractivity contribution in [3.05, 3.63) is 80.0 Å². The zero-order chi connectivity index (χ0) is 22.1. The first-order valence-electron chi connectivity index (χ1n) is 9.20. The third kappa shape index (κ3) is 4.99. The number of aromatic nitrogens is 2. The molecule has 3 aromatic rings. The third-order valence-electron chi connectivity index (χ3n) is 4.71. The average Bonchev–Trinajstić information content (AvgIpc) is 3.18. The number of benzene rings is 1. The van der Waals surface area contributed by atoms with Crippen LogP contribution in [0.2, 0.25) is 10.2 Å². The van der Waals surface area contributed by atoms with Gasteiger partial charge in [-0.1, -0.05) is 35.3 Å². The van der Waals surface area contributed by atoms with Crippen LogP contribution in [0.5, 0.6) is 0 Å². The van der Waals surface area contributed by atoms with Crippen molar-refractivity contribution in [1.29, 1.82) is 0 Å². The summed E-state index contributed by atoms with van der Waals surface area (Å²) in [6.45, 7) is 7.69. The Hall–Kier alpha value is -1.19. The van der Waals surface area contributed by atoms with E-state index in [1.165, 1.54) is 23.9 Å². The summed E-state index contributed by atoms with van der Waals surface area (Å²) in [6, 6.07) is 9.33. The normalized spacial score (nSPS) is 16.1. The third-order valence-corrected chi connectivity index (χ3v) is 7.95. The predicted octanol–water partition coefficient (Wildman–Crippen LogP) is 5.24. The van der Waals surface area contributed by atoms with Gasteiger partial charge in [-0.25, -0.2) is 9.97 Å². The highest BCUT2D eigenvalue weighted by Crippen LogP contribution is 2.38. The van der Waals surface area contributed by atoms with Gasteiger partial charge in [-0.15, -0.1) is 16.1 Å². The van der Waals surface area contributed by atoms with Gasteiger partial charge in [-0.05, 0) is 62.4 Å². The maximum absolute atomic E-state index is 13.0. The zero-order valence-corrected chi connectivity index (χ0v) is 20.2. The molecule has 0 radical (unpaired) electrons. The Balaban J connectivity index is 2.04. The van der Waals surface area contributed by atoms with Crippen LogP contribution in [0.25, 0.3) is 0 Å². The average molecular weight is 484 g/mol. The van der Waals surface area contributed by atoms with Gasteiger partial charge in [0.2, 0.25) is 0 Å². The van der Waals surface area contributed by atoms with Crippen LogP contribution in [-0.4, -0.2) is 24.4 Å². The highest BCUT2D eigenvalue weighted by atomic mass is 35.5. The number of aliphatic hydroxyl groups excluding tert-OH is 1. The number of nitrogens with zero attached hydrogens (tertiary/aromatic N) is 2. The Morgan fingerprint density at radius 3 is 2.53 bits per heavy atom. The number of nitrogens with one attached hydrogen (secondary N) is 1. The first-order chi connectivity index (χ1) is 14.0. The standard InChI is InChI=1S/C21H23Cl2N3O2S2/c1-20(2,3)30(28)26-21(4,13-6-5-7-15(22)8-13)14-9-17(29-11-14)18(27)16-10-24-12-25-19(16)23/h5-12,18,26-27H,1-4H3/t18-,21+,30?/m1/s1. The van der Waals surface area contributed by atoms with Gasteiger partial charge >= 0.3 is 0 Å². The minimum atomic E-state index is -1.35. The molecule has 1 unspecified atom stereocenters. The fourth-order valence-electron chi connectivity index (χ4n) is 2.84. The lowest BCUT2D eigenvalue weighted by molar-refractivity contribution is 0.223. The van der Waals surface area contributed by atoms with E-state index in [0.29, 0.717) is 15.5 Å². The monoisotopic (exact) mass is 483 g/mol. The lowest BCUT2D eigenvalue weighted by Gasteiger charge is -2.35.